The quantitative estimate of drug-likeness (QED) is 0.505. The summed E-state index contributed by atoms with van der Waals surface area (Å²) >= 11 is 0. The second kappa shape index (κ2) is 7.82. The number of nitrogens with one attached hydrogen (secondary N) is 1. The topological polar surface area (TPSA) is 116 Å². The molecule has 2 rings (SSSR count). The first-order chi connectivity index (χ1) is 11.9. The maximum absolute atomic E-state index is 12.0. The largest absolute Gasteiger partial charge is 0.452 e. The Balaban J connectivity index is 1.96. The monoisotopic (exact) mass is 342 g/mol. The summed E-state index contributed by atoms with van der Waals surface area (Å²) in [6, 6.07) is 12.0. The van der Waals surface area contributed by atoms with Crippen LogP contribution in [0.4, 0.5) is 5.69 Å². The van der Waals surface area contributed by atoms with Crippen LogP contribution in [0.3, 0.4) is 0 Å². The Hall–Kier alpha value is -3.55. The van der Waals surface area contributed by atoms with Gasteiger partial charge in [-0.1, -0.05) is 24.3 Å². The molecule has 2 aromatic rings. The molecule has 0 aliphatic rings. The van der Waals surface area contributed by atoms with E-state index in [1.807, 2.05) is 0 Å². The normalized spacial score (nSPS) is 9.96. The molecule has 0 fully saturated rings. The summed E-state index contributed by atoms with van der Waals surface area (Å²) in [5.41, 5.74) is 0.185. The van der Waals surface area contributed by atoms with Crippen LogP contribution in [-0.2, 0) is 9.53 Å². The van der Waals surface area contributed by atoms with Crippen molar-refractivity contribution in [3.8, 4) is 0 Å². The molecule has 0 heterocycles. The van der Waals surface area contributed by atoms with Crippen molar-refractivity contribution in [3.63, 3.8) is 0 Å². The number of amides is 2. The molecule has 0 aliphatic carbocycles. The molecule has 8 heteroatoms. The molecule has 0 bridgehead atoms. The fourth-order valence-corrected chi connectivity index (χ4v) is 2.08. The molecule has 25 heavy (non-hydrogen) atoms. The molecule has 0 saturated heterocycles. The summed E-state index contributed by atoms with van der Waals surface area (Å²) in [5, 5.41) is 13.0. The number of benzene rings is 2. The number of carbonyl (C=O) groups excluding carboxylic acids is 3. The van der Waals surface area contributed by atoms with Crippen molar-refractivity contribution in [2.24, 2.45) is 0 Å². The van der Waals surface area contributed by atoms with E-state index in [4.69, 9.17) is 4.74 Å². The minimum atomic E-state index is -0.886. The van der Waals surface area contributed by atoms with Crippen molar-refractivity contribution in [1.29, 1.82) is 0 Å². The minimum Gasteiger partial charge on any atom is -0.452 e. The third-order valence-corrected chi connectivity index (χ3v) is 3.35. The minimum absolute atomic E-state index is 0.0172. The predicted molar refractivity (Wildman–Crippen MR) is 87.0 cm³/mol. The van der Waals surface area contributed by atoms with Gasteiger partial charge in [-0.15, -0.1) is 0 Å². The van der Waals surface area contributed by atoms with Gasteiger partial charge in [0.15, 0.2) is 6.61 Å². The van der Waals surface area contributed by atoms with Crippen molar-refractivity contribution < 1.29 is 24.0 Å². The third-order valence-electron chi connectivity index (χ3n) is 3.35. The zero-order valence-corrected chi connectivity index (χ0v) is 13.2. The van der Waals surface area contributed by atoms with Crippen LogP contribution in [0.5, 0.6) is 0 Å². The van der Waals surface area contributed by atoms with E-state index in [1.165, 1.54) is 37.3 Å². The van der Waals surface area contributed by atoms with Gasteiger partial charge in [0.2, 0.25) is 0 Å². The van der Waals surface area contributed by atoms with Crippen LogP contribution in [0.25, 0.3) is 0 Å². The summed E-state index contributed by atoms with van der Waals surface area (Å²) in [7, 11) is 0. The lowest BCUT2D eigenvalue weighted by atomic mass is 10.1. The van der Waals surface area contributed by atoms with Crippen molar-refractivity contribution in [2.45, 2.75) is 6.92 Å². The molecule has 2 amide bonds. The first-order valence-electron chi connectivity index (χ1n) is 7.20. The molecular weight excluding hydrogens is 328 g/mol. The molecule has 0 spiro atoms. The van der Waals surface area contributed by atoms with E-state index in [1.54, 1.807) is 18.2 Å². The summed E-state index contributed by atoms with van der Waals surface area (Å²) < 4.78 is 4.82. The Kier molecular flexibility index (Phi) is 5.57. The summed E-state index contributed by atoms with van der Waals surface area (Å²) in [6.07, 6.45) is 0. The Labute approximate surface area is 142 Å². The molecule has 0 aliphatic heterocycles. The molecule has 0 atom stereocenters. The van der Waals surface area contributed by atoms with Crippen LogP contribution < -0.4 is 5.32 Å². The van der Waals surface area contributed by atoms with Crippen LogP contribution in [0.1, 0.15) is 26.3 Å². The van der Waals surface area contributed by atoms with Gasteiger partial charge in [-0.3, -0.25) is 25.0 Å². The Bertz CT molecular complexity index is 832. The van der Waals surface area contributed by atoms with Gasteiger partial charge in [-0.05, 0) is 25.1 Å². The van der Waals surface area contributed by atoms with E-state index in [-0.39, 0.29) is 22.4 Å². The number of hydrogen-bond donors (Lipinski definition) is 1. The highest BCUT2D eigenvalue weighted by atomic mass is 16.6. The number of carbonyl (C=O) groups is 3. The van der Waals surface area contributed by atoms with Gasteiger partial charge in [0.1, 0.15) is 0 Å². The highest BCUT2D eigenvalue weighted by Gasteiger charge is 2.20. The average molecular weight is 342 g/mol. The second-order valence-electron chi connectivity index (χ2n) is 5.03. The van der Waals surface area contributed by atoms with Crippen molar-refractivity contribution in [3.05, 3.63) is 75.3 Å². The van der Waals surface area contributed by atoms with E-state index < -0.39 is 29.3 Å². The summed E-state index contributed by atoms with van der Waals surface area (Å²) in [5.74, 6) is -2.30. The number of rotatable bonds is 5. The Morgan fingerprint density at radius 1 is 1.08 bits per heavy atom. The zero-order chi connectivity index (χ0) is 18.4. The van der Waals surface area contributed by atoms with E-state index in [0.717, 1.165) is 0 Å². The average Bonchev–Trinajstić information content (AvgIpc) is 2.60. The standard InChI is InChI=1S/C17H14N2O6/c1-11-13(8-5-9-14(11)19(23)24)17(22)25-10-15(20)18-16(21)12-6-3-2-4-7-12/h2-9H,10H2,1H3,(H,18,20,21). The van der Waals surface area contributed by atoms with Crippen molar-refractivity contribution in [1.82, 2.24) is 5.32 Å². The number of nitro groups is 1. The van der Waals surface area contributed by atoms with Crippen LogP contribution in [-0.4, -0.2) is 29.3 Å². The van der Waals surface area contributed by atoms with Gasteiger partial charge < -0.3 is 4.74 Å². The van der Waals surface area contributed by atoms with Gasteiger partial charge in [-0.25, -0.2) is 4.79 Å². The number of ether oxygens (including phenoxy) is 1. The van der Waals surface area contributed by atoms with Gasteiger partial charge in [-0.2, -0.15) is 0 Å². The van der Waals surface area contributed by atoms with Crippen molar-refractivity contribution >= 4 is 23.5 Å². The smallest absolute Gasteiger partial charge is 0.339 e. The van der Waals surface area contributed by atoms with Gasteiger partial charge in [0.25, 0.3) is 17.5 Å². The molecule has 0 aromatic heterocycles. The SMILES string of the molecule is Cc1c(C(=O)OCC(=O)NC(=O)c2ccccc2)cccc1[N+](=O)[O-]. The maximum Gasteiger partial charge on any atom is 0.339 e. The van der Waals surface area contributed by atoms with Gasteiger partial charge >= 0.3 is 5.97 Å². The van der Waals surface area contributed by atoms with Crippen LogP contribution in [0, 0.1) is 17.0 Å². The van der Waals surface area contributed by atoms with Gasteiger partial charge in [0, 0.05) is 17.2 Å². The molecular formula is C17H14N2O6. The number of imide groups is 1. The molecule has 1 N–H and O–H groups in total. The molecule has 0 radical (unpaired) electrons. The molecule has 128 valence electrons. The first-order valence-corrected chi connectivity index (χ1v) is 7.20. The highest BCUT2D eigenvalue weighted by molar-refractivity contribution is 6.05. The summed E-state index contributed by atoms with van der Waals surface area (Å²) in [4.78, 5) is 45.7. The first kappa shape index (κ1) is 17.8. The summed E-state index contributed by atoms with van der Waals surface area (Å²) in [6.45, 7) is 0.729. The molecule has 0 saturated carbocycles. The second-order valence-corrected chi connectivity index (χ2v) is 5.03. The van der Waals surface area contributed by atoms with Crippen LogP contribution in [0.2, 0.25) is 0 Å². The number of nitrogens with zero attached hydrogens (tertiary/aromatic N) is 1. The zero-order valence-electron chi connectivity index (χ0n) is 13.2. The number of hydrogen-bond acceptors (Lipinski definition) is 6. The van der Waals surface area contributed by atoms with Crippen LogP contribution in [0.15, 0.2) is 48.5 Å². The molecule has 8 nitrogen and oxygen atoms in total. The Morgan fingerprint density at radius 2 is 1.76 bits per heavy atom. The number of nitro benzene ring substituents is 1. The van der Waals surface area contributed by atoms with Gasteiger partial charge in [0.05, 0.1) is 10.5 Å². The fraction of sp³-hybridized carbons (Fsp3) is 0.118. The van der Waals surface area contributed by atoms with E-state index >= 15 is 0 Å². The van der Waals surface area contributed by atoms with E-state index in [9.17, 15) is 24.5 Å². The van der Waals surface area contributed by atoms with Crippen LogP contribution >= 0.6 is 0 Å². The predicted octanol–water partition coefficient (Wildman–Crippen LogP) is 2.02. The number of esters is 1. The third kappa shape index (κ3) is 4.47. The highest BCUT2D eigenvalue weighted by Crippen LogP contribution is 2.21. The van der Waals surface area contributed by atoms with E-state index in [0.29, 0.717) is 0 Å². The lowest BCUT2D eigenvalue weighted by Gasteiger charge is -2.08. The van der Waals surface area contributed by atoms with Crippen molar-refractivity contribution in [2.75, 3.05) is 6.61 Å². The molecule has 0 unspecified atom stereocenters. The Morgan fingerprint density at radius 3 is 2.40 bits per heavy atom. The lowest BCUT2D eigenvalue weighted by Crippen LogP contribution is -2.34. The fourth-order valence-electron chi connectivity index (χ4n) is 2.08. The van der Waals surface area contributed by atoms with E-state index in [2.05, 4.69) is 5.32 Å². The maximum atomic E-state index is 12.0. The lowest BCUT2D eigenvalue weighted by molar-refractivity contribution is -0.385. The molecule has 2 aromatic carbocycles.